The maximum atomic E-state index is 12.0. The number of carbonyl (C=O) groups excluding carboxylic acids is 1. The van der Waals surface area contributed by atoms with Crippen LogP contribution in [-0.4, -0.2) is 12.5 Å². The van der Waals surface area contributed by atoms with E-state index >= 15 is 0 Å². The van der Waals surface area contributed by atoms with Crippen LogP contribution in [0.15, 0.2) is 65.1 Å². The first-order valence-electron chi connectivity index (χ1n) is 7.91. The highest BCUT2D eigenvalue weighted by atomic mass is 16.5. The van der Waals surface area contributed by atoms with Gasteiger partial charge in [-0.2, -0.15) is 0 Å². The van der Waals surface area contributed by atoms with Crippen molar-refractivity contribution >= 4 is 23.0 Å². The smallest absolute Gasteiger partial charge is 0.244 e. The molecule has 3 rings (SSSR count). The monoisotopic (exact) mass is 321 g/mol. The number of para-hydroxylation sites is 2. The number of rotatable bonds is 6. The predicted molar refractivity (Wildman–Crippen MR) is 94.7 cm³/mol. The first kappa shape index (κ1) is 15.9. The predicted octanol–water partition coefficient (Wildman–Crippen LogP) is 4.16. The third kappa shape index (κ3) is 3.84. The molecule has 0 saturated heterocycles. The Morgan fingerprint density at radius 3 is 2.79 bits per heavy atom. The number of ether oxygens (including phenoxy) is 1. The average Bonchev–Trinajstić information content (AvgIpc) is 3.02. The lowest BCUT2D eigenvalue weighted by molar-refractivity contribution is -0.116. The molecule has 0 fully saturated rings. The molecule has 3 aromatic rings. The number of carbonyl (C=O) groups is 1. The summed E-state index contributed by atoms with van der Waals surface area (Å²) in [6.45, 7) is 2.95. The van der Waals surface area contributed by atoms with E-state index in [-0.39, 0.29) is 5.91 Å². The molecule has 4 nitrogen and oxygen atoms in total. The SMILES string of the molecule is CCOc1ccccc1CNC(=O)/C=C/c1cc2ccccc2o1. The lowest BCUT2D eigenvalue weighted by atomic mass is 10.2. The van der Waals surface area contributed by atoms with E-state index in [0.29, 0.717) is 18.9 Å². The summed E-state index contributed by atoms with van der Waals surface area (Å²) in [5.74, 6) is 1.27. The van der Waals surface area contributed by atoms with Crippen molar-refractivity contribution in [3.8, 4) is 5.75 Å². The minimum Gasteiger partial charge on any atom is -0.494 e. The van der Waals surface area contributed by atoms with E-state index in [4.69, 9.17) is 9.15 Å². The first-order chi connectivity index (χ1) is 11.8. The Bertz CT molecular complexity index is 831. The Kier molecular flexibility index (Phi) is 4.96. The molecule has 4 heteroatoms. The topological polar surface area (TPSA) is 51.5 Å². The molecule has 0 aliphatic heterocycles. The first-order valence-corrected chi connectivity index (χ1v) is 7.91. The van der Waals surface area contributed by atoms with Crippen molar-refractivity contribution in [2.24, 2.45) is 0 Å². The van der Waals surface area contributed by atoms with E-state index in [9.17, 15) is 4.79 Å². The molecule has 0 atom stereocenters. The zero-order valence-electron chi connectivity index (χ0n) is 13.5. The summed E-state index contributed by atoms with van der Waals surface area (Å²) in [6.07, 6.45) is 3.14. The van der Waals surface area contributed by atoms with Gasteiger partial charge < -0.3 is 14.5 Å². The quantitative estimate of drug-likeness (QED) is 0.694. The van der Waals surface area contributed by atoms with Crippen LogP contribution in [0, 0.1) is 0 Å². The van der Waals surface area contributed by atoms with Gasteiger partial charge in [0, 0.05) is 23.6 Å². The van der Waals surface area contributed by atoms with Crippen molar-refractivity contribution in [3.63, 3.8) is 0 Å². The highest BCUT2D eigenvalue weighted by molar-refractivity contribution is 5.92. The minimum absolute atomic E-state index is 0.179. The second kappa shape index (κ2) is 7.51. The van der Waals surface area contributed by atoms with Gasteiger partial charge in [0.05, 0.1) is 6.61 Å². The standard InChI is InChI=1S/C20H19NO3/c1-2-23-18-9-5-4-8-16(18)14-21-20(22)12-11-17-13-15-7-3-6-10-19(15)24-17/h3-13H,2,14H2,1H3,(H,21,22)/b12-11+. The van der Waals surface area contributed by atoms with Crippen LogP contribution in [0.25, 0.3) is 17.0 Å². The molecule has 0 bridgehead atoms. The Morgan fingerprint density at radius 2 is 1.96 bits per heavy atom. The summed E-state index contributed by atoms with van der Waals surface area (Å²) < 4.78 is 11.2. The van der Waals surface area contributed by atoms with E-state index in [2.05, 4.69) is 5.32 Å². The van der Waals surface area contributed by atoms with Crippen molar-refractivity contribution < 1.29 is 13.9 Å². The molecule has 1 amide bonds. The van der Waals surface area contributed by atoms with Gasteiger partial charge in [0.15, 0.2) is 0 Å². The molecule has 1 aromatic heterocycles. The van der Waals surface area contributed by atoms with Crippen LogP contribution in [0.4, 0.5) is 0 Å². The summed E-state index contributed by atoms with van der Waals surface area (Å²) in [7, 11) is 0. The van der Waals surface area contributed by atoms with Crippen molar-refractivity contribution in [1.82, 2.24) is 5.32 Å². The number of benzene rings is 2. The molecule has 1 heterocycles. The molecule has 0 radical (unpaired) electrons. The number of amides is 1. The molecule has 0 unspecified atom stereocenters. The Labute approximate surface area is 140 Å². The summed E-state index contributed by atoms with van der Waals surface area (Å²) in [5.41, 5.74) is 1.76. The van der Waals surface area contributed by atoms with Crippen LogP contribution >= 0.6 is 0 Å². The van der Waals surface area contributed by atoms with Crippen molar-refractivity contribution in [2.75, 3.05) is 6.61 Å². The highest BCUT2D eigenvalue weighted by Crippen LogP contribution is 2.20. The van der Waals surface area contributed by atoms with Gasteiger partial charge in [-0.15, -0.1) is 0 Å². The van der Waals surface area contributed by atoms with E-state index < -0.39 is 0 Å². The minimum atomic E-state index is -0.179. The zero-order valence-corrected chi connectivity index (χ0v) is 13.5. The molecular formula is C20H19NO3. The van der Waals surface area contributed by atoms with Crippen LogP contribution in [0.1, 0.15) is 18.2 Å². The van der Waals surface area contributed by atoms with Gasteiger partial charge in [-0.3, -0.25) is 4.79 Å². The second-order valence-corrected chi connectivity index (χ2v) is 5.28. The zero-order chi connectivity index (χ0) is 16.8. The maximum absolute atomic E-state index is 12.0. The van der Waals surface area contributed by atoms with Gasteiger partial charge in [0.1, 0.15) is 17.1 Å². The highest BCUT2D eigenvalue weighted by Gasteiger charge is 2.04. The third-order valence-electron chi connectivity index (χ3n) is 3.57. The van der Waals surface area contributed by atoms with Crippen LogP contribution in [0.3, 0.4) is 0 Å². The molecule has 0 aliphatic carbocycles. The van der Waals surface area contributed by atoms with Crippen molar-refractivity contribution in [2.45, 2.75) is 13.5 Å². The molecule has 0 aliphatic rings. The van der Waals surface area contributed by atoms with Crippen LogP contribution in [-0.2, 0) is 11.3 Å². The van der Waals surface area contributed by atoms with Crippen LogP contribution in [0.2, 0.25) is 0 Å². The number of furan rings is 1. The molecule has 0 spiro atoms. The number of fused-ring (bicyclic) bond motifs is 1. The average molecular weight is 321 g/mol. The van der Waals surface area contributed by atoms with E-state index in [1.54, 1.807) is 6.08 Å². The van der Waals surface area contributed by atoms with Gasteiger partial charge in [0.2, 0.25) is 5.91 Å². The number of hydrogen-bond donors (Lipinski definition) is 1. The third-order valence-corrected chi connectivity index (χ3v) is 3.57. The van der Waals surface area contributed by atoms with Gasteiger partial charge in [-0.25, -0.2) is 0 Å². The Hall–Kier alpha value is -3.01. The van der Waals surface area contributed by atoms with E-state index in [1.165, 1.54) is 6.08 Å². The normalized spacial score (nSPS) is 11.0. The van der Waals surface area contributed by atoms with Gasteiger partial charge in [0.25, 0.3) is 0 Å². The largest absolute Gasteiger partial charge is 0.494 e. The van der Waals surface area contributed by atoms with Crippen molar-refractivity contribution in [3.05, 3.63) is 72.0 Å². The summed E-state index contributed by atoms with van der Waals surface area (Å²) in [5, 5.41) is 3.87. The van der Waals surface area contributed by atoms with Gasteiger partial charge >= 0.3 is 0 Å². The number of hydrogen-bond acceptors (Lipinski definition) is 3. The summed E-state index contributed by atoms with van der Waals surface area (Å²) in [4.78, 5) is 12.0. The van der Waals surface area contributed by atoms with Crippen molar-refractivity contribution in [1.29, 1.82) is 0 Å². The van der Waals surface area contributed by atoms with Crippen LogP contribution < -0.4 is 10.1 Å². The molecule has 2 aromatic carbocycles. The molecule has 0 saturated carbocycles. The Morgan fingerprint density at radius 1 is 1.17 bits per heavy atom. The second-order valence-electron chi connectivity index (χ2n) is 5.28. The lowest BCUT2D eigenvalue weighted by Gasteiger charge is -2.09. The van der Waals surface area contributed by atoms with Gasteiger partial charge in [-0.1, -0.05) is 36.4 Å². The van der Waals surface area contributed by atoms with Crippen LogP contribution in [0.5, 0.6) is 5.75 Å². The maximum Gasteiger partial charge on any atom is 0.244 e. The molecule has 122 valence electrons. The number of nitrogens with one attached hydrogen (secondary N) is 1. The molecule has 1 N–H and O–H groups in total. The molecule has 24 heavy (non-hydrogen) atoms. The van der Waals surface area contributed by atoms with Gasteiger partial charge in [-0.05, 0) is 31.2 Å². The molecular weight excluding hydrogens is 302 g/mol. The lowest BCUT2D eigenvalue weighted by Crippen LogP contribution is -2.20. The Balaban J connectivity index is 1.61. The fourth-order valence-corrected chi connectivity index (χ4v) is 2.43. The fraction of sp³-hybridized carbons (Fsp3) is 0.150. The van der Waals surface area contributed by atoms with E-state index in [0.717, 1.165) is 22.3 Å². The fourth-order valence-electron chi connectivity index (χ4n) is 2.43. The van der Waals surface area contributed by atoms with E-state index in [1.807, 2.05) is 61.5 Å². The summed E-state index contributed by atoms with van der Waals surface area (Å²) in [6, 6.07) is 17.3. The summed E-state index contributed by atoms with van der Waals surface area (Å²) >= 11 is 0.